The SMILES string of the molecule is Cc1n[nH]c(C)c1C1CCCN1CC(O)COCc1ccccc1F. The second kappa shape index (κ2) is 8.08. The third-order valence-corrected chi connectivity index (χ3v) is 4.85. The maximum Gasteiger partial charge on any atom is 0.128 e. The minimum atomic E-state index is -0.597. The maximum atomic E-state index is 13.6. The van der Waals surface area contributed by atoms with Gasteiger partial charge in [-0.2, -0.15) is 5.10 Å². The van der Waals surface area contributed by atoms with Crippen LogP contribution in [0, 0.1) is 19.7 Å². The number of hydrogen-bond donors (Lipinski definition) is 2. The number of hydrogen-bond acceptors (Lipinski definition) is 4. The number of halogens is 1. The first-order chi connectivity index (χ1) is 12.1. The topological polar surface area (TPSA) is 61.4 Å². The number of benzene rings is 1. The molecular formula is C19H26FN3O2. The Labute approximate surface area is 147 Å². The molecule has 0 saturated carbocycles. The molecule has 0 spiro atoms. The van der Waals surface area contributed by atoms with Gasteiger partial charge in [0.05, 0.1) is 25.0 Å². The third kappa shape index (κ3) is 4.26. The fraction of sp³-hybridized carbons (Fsp3) is 0.526. The van der Waals surface area contributed by atoms with Gasteiger partial charge < -0.3 is 9.84 Å². The van der Waals surface area contributed by atoms with Crippen molar-refractivity contribution in [3.05, 3.63) is 52.6 Å². The quantitative estimate of drug-likeness (QED) is 0.808. The smallest absolute Gasteiger partial charge is 0.128 e. The molecule has 2 atom stereocenters. The Hall–Kier alpha value is -1.76. The van der Waals surface area contributed by atoms with E-state index in [1.807, 2.05) is 13.8 Å². The zero-order valence-corrected chi connectivity index (χ0v) is 14.8. The zero-order chi connectivity index (χ0) is 17.8. The molecule has 0 bridgehead atoms. The molecule has 6 heteroatoms. The van der Waals surface area contributed by atoms with Crippen LogP contribution in [0.25, 0.3) is 0 Å². The maximum absolute atomic E-state index is 13.6. The van der Waals surface area contributed by atoms with Crippen LogP contribution in [-0.4, -0.2) is 46.0 Å². The van der Waals surface area contributed by atoms with E-state index in [-0.39, 0.29) is 19.0 Å². The zero-order valence-electron chi connectivity index (χ0n) is 14.8. The lowest BCUT2D eigenvalue weighted by atomic mass is 10.0. The van der Waals surface area contributed by atoms with Crippen molar-refractivity contribution >= 4 is 0 Å². The number of β-amino-alcohol motifs (C(OH)–C–C–N with tert-alkyl or cyclic N) is 1. The lowest BCUT2D eigenvalue weighted by Gasteiger charge is -2.27. The Morgan fingerprint density at radius 2 is 2.20 bits per heavy atom. The van der Waals surface area contributed by atoms with Crippen molar-refractivity contribution in [3.8, 4) is 0 Å². The number of nitrogens with one attached hydrogen (secondary N) is 1. The van der Waals surface area contributed by atoms with E-state index in [4.69, 9.17) is 4.74 Å². The molecule has 2 heterocycles. The fourth-order valence-electron chi connectivity index (χ4n) is 3.67. The van der Waals surface area contributed by atoms with Gasteiger partial charge in [0.25, 0.3) is 0 Å². The van der Waals surface area contributed by atoms with Crippen molar-refractivity contribution in [1.29, 1.82) is 0 Å². The van der Waals surface area contributed by atoms with Gasteiger partial charge in [0, 0.05) is 29.4 Å². The highest BCUT2D eigenvalue weighted by molar-refractivity contribution is 5.28. The molecule has 0 amide bonds. The summed E-state index contributed by atoms with van der Waals surface area (Å²) in [4.78, 5) is 2.29. The molecule has 1 aromatic carbocycles. The molecular weight excluding hydrogens is 321 g/mol. The number of likely N-dealkylation sites (tertiary alicyclic amines) is 1. The standard InChI is InChI=1S/C19H26FN3O2/c1-13-19(14(2)22-21-13)18-8-5-9-23(18)10-16(24)12-25-11-15-6-3-4-7-17(15)20/h3-4,6-7,16,18,24H,5,8-12H2,1-2H3,(H,21,22). The molecule has 25 heavy (non-hydrogen) atoms. The average Bonchev–Trinajstić information content (AvgIpc) is 3.15. The predicted octanol–water partition coefficient (Wildman–Crippen LogP) is 2.88. The van der Waals surface area contributed by atoms with Crippen LogP contribution in [0.5, 0.6) is 0 Å². The molecule has 1 aliphatic rings. The Bertz CT molecular complexity index is 684. The summed E-state index contributed by atoms with van der Waals surface area (Å²) in [5, 5.41) is 17.7. The molecule has 1 fully saturated rings. The first kappa shape index (κ1) is 18.0. The van der Waals surface area contributed by atoms with Gasteiger partial charge in [-0.1, -0.05) is 18.2 Å². The summed E-state index contributed by atoms with van der Waals surface area (Å²) in [5.74, 6) is -0.275. The van der Waals surface area contributed by atoms with E-state index in [0.717, 1.165) is 30.8 Å². The highest BCUT2D eigenvalue weighted by Gasteiger charge is 2.30. The number of aliphatic hydroxyl groups excluding tert-OH is 1. The fourth-order valence-corrected chi connectivity index (χ4v) is 3.67. The second-order valence-corrected chi connectivity index (χ2v) is 6.76. The summed E-state index contributed by atoms with van der Waals surface area (Å²) in [6.45, 7) is 5.93. The number of nitrogens with zero attached hydrogens (tertiary/aromatic N) is 2. The molecule has 2 N–H and O–H groups in total. The second-order valence-electron chi connectivity index (χ2n) is 6.76. The van der Waals surface area contributed by atoms with Crippen LogP contribution in [0.15, 0.2) is 24.3 Å². The molecule has 0 radical (unpaired) electrons. The minimum absolute atomic E-state index is 0.174. The number of H-pyrrole nitrogens is 1. The summed E-state index contributed by atoms with van der Waals surface area (Å²) in [7, 11) is 0. The van der Waals surface area contributed by atoms with Crippen molar-refractivity contribution in [2.24, 2.45) is 0 Å². The molecule has 1 aromatic heterocycles. The molecule has 1 aliphatic heterocycles. The van der Waals surface area contributed by atoms with E-state index >= 15 is 0 Å². The first-order valence-corrected chi connectivity index (χ1v) is 8.81. The molecule has 136 valence electrons. The van der Waals surface area contributed by atoms with Crippen LogP contribution < -0.4 is 0 Å². The largest absolute Gasteiger partial charge is 0.389 e. The summed E-state index contributed by atoms with van der Waals surface area (Å²) in [6.07, 6.45) is 1.58. The van der Waals surface area contributed by atoms with E-state index in [1.165, 1.54) is 11.6 Å². The summed E-state index contributed by atoms with van der Waals surface area (Å²) >= 11 is 0. The first-order valence-electron chi connectivity index (χ1n) is 8.81. The molecule has 1 saturated heterocycles. The monoisotopic (exact) mass is 347 g/mol. The number of aromatic amines is 1. The number of aryl methyl sites for hydroxylation is 2. The number of ether oxygens (including phenoxy) is 1. The molecule has 2 aromatic rings. The van der Waals surface area contributed by atoms with Crippen molar-refractivity contribution in [3.63, 3.8) is 0 Å². The van der Waals surface area contributed by atoms with E-state index in [2.05, 4.69) is 15.1 Å². The molecule has 3 rings (SSSR count). The summed E-state index contributed by atoms with van der Waals surface area (Å²) < 4.78 is 19.1. The van der Waals surface area contributed by atoms with Crippen LogP contribution in [0.4, 0.5) is 4.39 Å². The van der Waals surface area contributed by atoms with Gasteiger partial charge in [-0.05, 0) is 39.3 Å². The predicted molar refractivity (Wildman–Crippen MR) is 93.7 cm³/mol. The highest BCUT2D eigenvalue weighted by Crippen LogP contribution is 2.34. The normalized spacial score (nSPS) is 19.4. The number of aromatic nitrogens is 2. The van der Waals surface area contributed by atoms with Crippen LogP contribution in [0.1, 0.15) is 41.4 Å². The lowest BCUT2D eigenvalue weighted by molar-refractivity contribution is 0.00691. The van der Waals surface area contributed by atoms with Crippen molar-refractivity contribution < 1.29 is 14.2 Å². The molecule has 0 aliphatic carbocycles. The lowest BCUT2D eigenvalue weighted by Crippen LogP contribution is -2.35. The van der Waals surface area contributed by atoms with Gasteiger partial charge in [0.15, 0.2) is 0 Å². The Balaban J connectivity index is 1.52. The van der Waals surface area contributed by atoms with Gasteiger partial charge in [0.1, 0.15) is 5.82 Å². The number of aliphatic hydroxyl groups is 1. The minimum Gasteiger partial charge on any atom is -0.389 e. The summed E-state index contributed by atoms with van der Waals surface area (Å²) in [5.41, 5.74) is 3.88. The Morgan fingerprint density at radius 1 is 1.40 bits per heavy atom. The van der Waals surface area contributed by atoms with E-state index in [9.17, 15) is 9.50 Å². The van der Waals surface area contributed by atoms with Gasteiger partial charge in [0.2, 0.25) is 0 Å². The van der Waals surface area contributed by atoms with Gasteiger partial charge >= 0.3 is 0 Å². The van der Waals surface area contributed by atoms with Gasteiger partial charge in [-0.3, -0.25) is 10.00 Å². The van der Waals surface area contributed by atoms with Crippen molar-refractivity contribution in [2.45, 2.75) is 45.4 Å². The molecule has 5 nitrogen and oxygen atoms in total. The van der Waals surface area contributed by atoms with Crippen molar-refractivity contribution in [2.75, 3.05) is 19.7 Å². The van der Waals surface area contributed by atoms with Crippen LogP contribution in [-0.2, 0) is 11.3 Å². The average molecular weight is 347 g/mol. The van der Waals surface area contributed by atoms with Gasteiger partial charge in [-0.15, -0.1) is 0 Å². The number of rotatable bonds is 7. The third-order valence-electron chi connectivity index (χ3n) is 4.85. The van der Waals surface area contributed by atoms with Crippen LogP contribution in [0.3, 0.4) is 0 Å². The van der Waals surface area contributed by atoms with E-state index < -0.39 is 6.10 Å². The van der Waals surface area contributed by atoms with Crippen LogP contribution in [0.2, 0.25) is 0 Å². The van der Waals surface area contributed by atoms with E-state index in [0.29, 0.717) is 18.2 Å². The van der Waals surface area contributed by atoms with Crippen LogP contribution >= 0.6 is 0 Å². The Morgan fingerprint density at radius 3 is 2.92 bits per heavy atom. The molecule has 2 unspecified atom stereocenters. The summed E-state index contributed by atoms with van der Waals surface area (Å²) in [6, 6.07) is 6.84. The van der Waals surface area contributed by atoms with Crippen molar-refractivity contribution in [1.82, 2.24) is 15.1 Å². The Kier molecular flexibility index (Phi) is 5.83. The van der Waals surface area contributed by atoms with Gasteiger partial charge in [-0.25, -0.2) is 4.39 Å². The highest BCUT2D eigenvalue weighted by atomic mass is 19.1. The van der Waals surface area contributed by atoms with E-state index in [1.54, 1.807) is 18.2 Å².